The summed E-state index contributed by atoms with van der Waals surface area (Å²) in [6.45, 7) is 5.65. The third-order valence-electron chi connectivity index (χ3n) is 2.71. The van der Waals surface area contributed by atoms with Crippen LogP contribution >= 0.6 is 0 Å². The Labute approximate surface area is 80.2 Å². The lowest BCUT2D eigenvalue weighted by atomic mass is 9.81. The van der Waals surface area contributed by atoms with Gasteiger partial charge in [0.05, 0.1) is 0 Å². The molecule has 0 heterocycles. The standard InChI is InChI=1S/C11H19NO/c1-8(2)7-11(13)9-5-3-4-6-10(9)12/h9-10H,1,3-7,12H2,2H3. The molecule has 2 N–H and O–H groups in total. The van der Waals surface area contributed by atoms with Crippen molar-refractivity contribution in [1.29, 1.82) is 0 Å². The lowest BCUT2D eigenvalue weighted by Crippen LogP contribution is -2.38. The minimum atomic E-state index is 0.0978. The van der Waals surface area contributed by atoms with E-state index in [1.807, 2.05) is 6.92 Å². The quantitative estimate of drug-likeness (QED) is 0.677. The molecule has 2 heteroatoms. The first-order chi connectivity index (χ1) is 6.11. The molecule has 0 aromatic carbocycles. The fourth-order valence-electron chi connectivity index (χ4n) is 1.99. The van der Waals surface area contributed by atoms with Crippen LogP contribution in [0.15, 0.2) is 12.2 Å². The molecule has 1 aliphatic carbocycles. The van der Waals surface area contributed by atoms with Gasteiger partial charge < -0.3 is 5.73 Å². The lowest BCUT2D eigenvalue weighted by Gasteiger charge is -2.27. The zero-order valence-electron chi connectivity index (χ0n) is 8.38. The maximum absolute atomic E-state index is 11.7. The van der Waals surface area contributed by atoms with Crippen molar-refractivity contribution in [3.8, 4) is 0 Å². The van der Waals surface area contributed by atoms with Gasteiger partial charge in [-0.1, -0.05) is 25.0 Å². The summed E-state index contributed by atoms with van der Waals surface area (Å²) in [5.74, 6) is 0.394. The van der Waals surface area contributed by atoms with Crippen LogP contribution in [0.3, 0.4) is 0 Å². The van der Waals surface area contributed by atoms with E-state index in [2.05, 4.69) is 6.58 Å². The van der Waals surface area contributed by atoms with Crippen LogP contribution in [-0.2, 0) is 4.79 Å². The topological polar surface area (TPSA) is 43.1 Å². The van der Waals surface area contributed by atoms with Gasteiger partial charge in [0.2, 0.25) is 0 Å². The van der Waals surface area contributed by atoms with E-state index in [-0.39, 0.29) is 12.0 Å². The molecule has 1 rings (SSSR count). The van der Waals surface area contributed by atoms with Crippen molar-refractivity contribution in [3.05, 3.63) is 12.2 Å². The Morgan fingerprint density at radius 3 is 2.62 bits per heavy atom. The average Bonchev–Trinajstić information content (AvgIpc) is 2.03. The zero-order chi connectivity index (χ0) is 9.84. The number of carbonyl (C=O) groups is 1. The average molecular weight is 181 g/mol. The molecular formula is C11H19NO. The number of hydrogen-bond donors (Lipinski definition) is 1. The van der Waals surface area contributed by atoms with Crippen LogP contribution in [-0.4, -0.2) is 11.8 Å². The van der Waals surface area contributed by atoms with Gasteiger partial charge in [0, 0.05) is 18.4 Å². The SMILES string of the molecule is C=C(C)CC(=O)C1CCCCC1N. The molecule has 2 atom stereocenters. The fraction of sp³-hybridized carbons (Fsp3) is 0.727. The number of rotatable bonds is 3. The number of allylic oxidation sites excluding steroid dienone is 1. The summed E-state index contributed by atoms with van der Waals surface area (Å²) < 4.78 is 0. The predicted molar refractivity (Wildman–Crippen MR) is 54.4 cm³/mol. The first-order valence-corrected chi connectivity index (χ1v) is 5.04. The summed E-state index contributed by atoms with van der Waals surface area (Å²) >= 11 is 0. The second kappa shape index (κ2) is 4.56. The maximum atomic E-state index is 11.7. The predicted octanol–water partition coefficient (Wildman–Crippen LogP) is 2.04. The molecule has 0 spiro atoms. The molecular weight excluding hydrogens is 162 g/mol. The van der Waals surface area contributed by atoms with Crippen LogP contribution in [0, 0.1) is 5.92 Å². The van der Waals surface area contributed by atoms with Crippen LogP contribution in [0.1, 0.15) is 39.0 Å². The van der Waals surface area contributed by atoms with E-state index >= 15 is 0 Å². The first kappa shape index (κ1) is 10.5. The van der Waals surface area contributed by atoms with Gasteiger partial charge in [-0.05, 0) is 19.8 Å². The highest BCUT2D eigenvalue weighted by Crippen LogP contribution is 2.25. The summed E-state index contributed by atoms with van der Waals surface area (Å²) in [7, 11) is 0. The Hall–Kier alpha value is -0.630. The summed E-state index contributed by atoms with van der Waals surface area (Å²) in [4.78, 5) is 11.7. The van der Waals surface area contributed by atoms with Crippen molar-refractivity contribution in [1.82, 2.24) is 0 Å². The van der Waals surface area contributed by atoms with Crippen molar-refractivity contribution in [2.24, 2.45) is 11.7 Å². The van der Waals surface area contributed by atoms with Gasteiger partial charge in [-0.2, -0.15) is 0 Å². The van der Waals surface area contributed by atoms with E-state index in [1.165, 1.54) is 6.42 Å². The summed E-state index contributed by atoms with van der Waals surface area (Å²) in [6.07, 6.45) is 4.83. The van der Waals surface area contributed by atoms with E-state index in [4.69, 9.17) is 5.73 Å². The third-order valence-corrected chi connectivity index (χ3v) is 2.71. The largest absolute Gasteiger partial charge is 0.327 e. The minimum Gasteiger partial charge on any atom is -0.327 e. The van der Waals surface area contributed by atoms with Crippen LogP contribution in [0.4, 0.5) is 0 Å². The molecule has 2 nitrogen and oxygen atoms in total. The monoisotopic (exact) mass is 181 g/mol. The Kier molecular flexibility index (Phi) is 3.67. The van der Waals surface area contributed by atoms with E-state index in [0.29, 0.717) is 12.2 Å². The van der Waals surface area contributed by atoms with E-state index in [0.717, 1.165) is 24.8 Å². The highest BCUT2D eigenvalue weighted by atomic mass is 16.1. The second-order valence-electron chi connectivity index (χ2n) is 4.16. The summed E-state index contributed by atoms with van der Waals surface area (Å²) in [6, 6.07) is 0.0978. The van der Waals surface area contributed by atoms with Gasteiger partial charge in [-0.25, -0.2) is 0 Å². The van der Waals surface area contributed by atoms with Crippen LogP contribution < -0.4 is 5.73 Å². The Balaban J connectivity index is 2.48. The third kappa shape index (κ3) is 2.96. The molecule has 13 heavy (non-hydrogen) atoms. The van der Waals surface area contributed by atoms with Crippen LogP contribution in [0.25, 0.3) is 0 Å². The van der Waals surface area contributed by atoms with E-state index < -0.39 is 0 Å². The van der Waals surface area contributed by atoms with E-state index in [1.54, 1.807) is 0 Å². The molecule has 0 bridgehead atoms. The van der Waals surface area contributed by atoms with Gasteiger partial charge in [-0.15, -0.1) is 0 Å². The number of Topliss-reactive ketones (excluding diaryl/α,β-unsaturated/α-hetero) is 1. The van der Waals surface area contributed by atoms with Crippen molar-refractivity contribution in [3.63, 3.8) is 0 Å². The molecule has 2 unspecified atom stereocenters. The van der Waals surface area contributed by atoms with Gasteiger partial charge in [0.25, 0.3) is 0 Å². The molecule has 1 saturated carbocycles. The number of nitrogens with two attached hydrogens (primary N) is 1. The van der Waals surface area contributed by atoms with Crippen molar-refractivity contribution in [2.45, 2.75) is 45.1 Å². The number of hydrogen-bond acceptors (Lipinski definition) is 2. The van der Waals surface area contributed by atoms with Crippen LogP contribution in [0.5, 0.6) is 0 Å². The molecule has 0 saturated heterocycles. The Morgan fingerprint density at radius 2 is 2.08 bits per heavy atom. The van der Waals surface area contributed by atoms with Crippen molar-refractivity contribution in [2.75, 3.05) is 0 Å². The molecule has 0 radical (unpaired) electrons. The summed E-state index contributed by atoms with van der Waals surface area (Å²) in [5, 5.41) is 0. The number of carbonyl (C=O) groups excluding carboxylic acids is 1. The Morgan fingerprint density at radius 1 is 1.46 bits per heavy atom. The summed E-state index contributed by atoms with van der Waals surface area (Å²) in [5.41, 5.74) is 6.85. The Bertz CT molecular complexity index is 210. The highest BCUT2D eigenvalue weighted by Gasteiger charge is 2.27. The highest BCUT2D eigenvalue weighted by molar-refractivity contribution is 5.83. The lowest BCUT2D eigenvalue weighted by molar-refractivity contribution is -0.123. The molecule has 0 aromatic heterocycles. The molecule has 1 fully saturated rings. The first-order valence-electron chi connectivity index (χ1n) is 5.04. The molecule has 0 aliphatic heterocycles. The van der Waals surface area contributed by atoms with Gasteiger partial charge in [0.1, 0.15) is 5.78 Å². The normalized spacial score (nSPS) is 28.5. The van der Waals surface area contributed by atoms with Gasteiger partial charge in [-0.3, -0.25) is 4.79 Å². The number of ketones is 1. The van der Waals surface area contributed by atoms with E-state index in [9.17, 15) is 4.79 Å². The fourth-order valence-corrected chi connectivity index (χ4v) is 1.99. The maximum Gasteiger partial charge on any atom is 0.141 e. The minimum absolute atomic E-state index is 0.0978. The second-order valence-corrected chi connectivity index (χ2v) is 4.16. The van der Waals surface area contributed by atoms with Gasteiger partial charge >= 0.3 is 0 Å². The van der Waals surface area contributed by atoms with Gasteiger partial charge in [0.15, 0.2) is 0 Å². The zero-order valence-corrected chi connectivity index (χ0v) is 8.38. The van der Waals surface area contributed by atoms with Crippen LogP contribution in [0.2, 0.25) is 0 Å². The van der Waals surface area contributed by atoms with Crippen molar-refractivity contribution < 1.29 is 4.79 Å². The molecule has 74 valence electrons. The molecule has 0 aromatic rings. The molecule has 1 aliphatic rings. The van der Waals surface area contributed by atoms with Crippen molar-refractivity contribution >= 4 is 5.78 Å². The smallest absolute Gasteiger partial charge is 0.141 e. The molecule has 0 amide bonds.